The number of rotatable bonds is 5. The lowest BCUT2D eigenvalue weighted by atomic mass is 10.1. The van der Waals surface area contributed by atoms with E-state index in [1.165, 1.54) is 22.6 Å². The van der Waals surface area contributed by atoms with Gasteiger partial charge in [0.1, 0.15) is 0 Å². The SMILES string of the molecule is CNCC(=O)Nc1cccc(CN2CCSCC2)c1C. The van der Waals surface area contributed by atoms with Crippen LogP contribution in [0.1, 0.15) is 11.1 Å². The van der Waals surface area contributed by atoms with Crippen molar-refractivity contribution >= 4 is 23.4 Å². The van der Waals surface area contributed by atoms with Crippen LogP contribution in [0.3, 0.4) is 0 Å². The van der Waals surface area contributed by atoms with Gasteiger partial charge in [0.05, 0.1) is 6.54 Å². The minimum atomic E-state index is 0.00197. The number of hydrogen-bond donors (Lipinski definition) is 2. The predicted molar refractivity (Wildman–Crippen MR) is 86.3 cm³/mol. The number of amides is 1. The van der Waals surface area contributed by atoms with Crippen molar-refractivity contribution in [1.29, 1.82) is 0 Å². The van der Waals surface area contributed by atoms with E-state index in [-0.39, 0.29) is 5.91 Å². The van der Waals surface area contributed by atoms with Gasteiger partial charge in [0.15, 0.2) is 0 Å². The molecule has 1 saturated heterocycles. The number of anilines is 1. The zero-order chi connectivity index (χ0) is 14.4. The Morgan fingerprint density at radius 3 is 2.80 bits per heavy atom. The number of hydrogen-bond acceptors (Lipinski definition) is 4. The smallest absolute Gasteiger partial charge is 0.238 e. The normalized spacial score (nSPS) is 16.1. The first-order chi connectivity index (χ1) is 9.70. The number of thioether (sulfide) groups is 1. The largest absolute Gasteiger partial charge is 0.325 e. The van der Waals surface area contributed by atoms with Crippen LogP contribution in [0.4, 0.5) is 5.69 Å². The molecule has 0 unspecified atom stereocenters. The molecular formula is C15H23N3OS. The topological polar surface area (TPSA) is 44.4 Å². The van der Waals surface area contributed by atoms with Crippen LogP contribution in [-0.4, -0.2) is 49.0 Å². The van der Waals surface area contributed by atoms with Crippen LogP contribution in [0, 0.1) is 6.92 Å². The van der Waals surface area contributed by atoms with E-state index in [1.54, 1.807) is 7.05 Å². The fourth-order valence-corrected chi connectivity index (χ4v) is 3.32. The Hall–Kier alpha value is -1.04. The van der Waals surface area contributed by atoms with E-state index < -0.39 is 0 Å². The van der Waals surface area contributed by atoms with Crippen molar-refractivity contribution in [2.45, 2.75) is 13.5 Å². The highest BCUT2D eigenvalue weighted by molar-refractivity contribution is 7.99. The molecule has 0 bridgehead atoms. The summed E-state index contributed by atoms with van der Waals surface area (Å²) < 4.78 is 0. The summed E-state index contributed by atoms with van der Waals surface area (Å²) in [4.78, 5) is 14.2. The van der Waals surface area contributed by atoms with E-state index in [1.807, 2.05) is 23.9 Å². The standard InChI is InChI=1S/C15H23N3OS/c1-12-13(11-18-6-8-20-9-7-18)4-3-5-14(12)17-15(19)10-16-2/h3-5,16H,6-11H2,1-2H3,(H,17,19). The van der Waals surface area contributed by atoms with Gasteiger partial charge in [0.2, 0.25) is 5.91 Å². The van der Waals surface area contributed by atoms with Gasteiger partial charge < -0.3 is 10.6 Å². The number of carbonyl (C=O) groups excluding carboxylic acids is 1. The predicted octanol–water partition coefficient (Wildman–Crippen LogP) is 1.70. The van der Waals surface area contributed by atoms with Gasteiger partial charge in [0, 0.05) is 36.8 Å². The summed E-state index contributed by atoms with van der Waals surface area (Å²) >= 11 is 2.02. The number of benzene rings is 1. The van der Waals surface area contributed by atoms with Gasteiger partial charge in [-0.15, -0.1) is 0 Å². The number of nitrogens with one attached hydrogen (secondary N) is 2. The van der Waals surface area contributed by atoms with E-state index in [4.69, 9.17) is 0 Å². The average Bonchev–Trinajstić information content (AvgIpc) is 2.45. The molecule has 1 aliphatic rings. The molecule has 1 aromatic carbocycles. The summed E-state index contributed by atoms with van der Waals surface area (Å²) in [5.41, 5.74) is 3.41. The van der Waals surface area contributed by atoms with E-state index in [0.717, 1.165) is 25.3 Å². The van der Waals surface area contributed by atoms with Crippen LogP contribution in [0.5, 0.6) is 0 Å². The molecule has 5 heteroatoms. The van der Waals surface area contributed by atoms with E-state index in [2.05, 4.69) is 28.5 Å². The molecule has 0 saturated carbocycles. The van der Waals surface area contributed by atoms with Crippen molar-refractivity contribution in [3.63, 3.8) is 0 Å². The first kappa shape index (κ1) is 15.4. The van der Waals surface area contributed by atoms with Gasteiger partial charge in [-0.1, -0.05) is 12.1 Å². The molecule has 0 aromatic heterocycles. The van der Waals surface area contributed by atoms with E-state index >= 15 is 0 Å². The van der Waals surface area contributed by atoms with Gasteiger partial charge in [-0.25, -0.2) is 0 Å². The maximum absolute atomic E-state index is 11.7. The highest BCUT2D eigenvalue weighted by Gasteiger charge is 2.13. The highest BCUT2D eigenvalue weighted by atomic mass is 32.2. The fourth-order valence-electron chi connectivity index (χ4n) is 2.35. The molecule has 4 nitrogen and oxygen atoms in total. The van der Waals surface area contributed by atoms with Crippen molar-refractivity contribution in [1.82, 2.24) is 10.2 Å². The summed E-state index contributed by atoms with van der Waals surface area (Å²) in [5, 5.41) is 5.83. The third-order valence-electron chi connectivity index (χ3n) is 3.56. The second kappa shape index (κ2) is 7.67. The first-order valence-electron chi connectivity index (χ1n) is 7.03. The maximum atomic E-state index is 11.7. The van der Waals surface area contributed by atoms with Crippen LogP contribution < -0.4 is 10.6 Å². The van der Waals surface area contributed by atoms with Crippen molar-refractivity contribution < 1.29 is 4.79 Å². The highest BCUT2D eigenvalue weighted by Crippen LogP contribution is 2.21. The molecule has 0 spiro atoms. The van der Waals surface area contributed by atoms with E-state index in [0.29, 0.717) is 6.54 Å². The molecule has 1 amide bonds. The van der Waals surface area contributed by atoms with Gasteiger partial charge in [-0.3, -0.25) is 9.69 Å². The Morgan fingerprint density at radius 1 is 1.35 bits per heavy atom. The van der Waals surface area contributed by atoms with Crippen LogP contribution in [-0.2, 0) is 11.3 Å². The van der Waals surface area contributed by atoms with Crippen molar-refractivity contribution in [2.75, 3.05) is 43.5 Å². The summed E-state index contributed by atoms with van der Waals surface area (Å²) in [6.45, 7) is 5.71. The Morgan fingerprint density at radius 2 is 2.10 bits per heavy atom. The van der Waals surface area contributed by atoms with Crippen LogP contribution >= 0.6 is 11.8 Å². The van der Waals surface area contributed by atoms with E-state index in [9.17, 15) is 4.79 Å². The van der Waals surface area contributed by atoms with Gasteiger partial charge in [-0.2, -0.15) is 11.8 Å². The molecule has 0 radical (unpaired) electrons. The molecular weight excluding hydrogens is 270 g/mol. The minimum absolute atomic E-state index is 0.00197. The summed E-state index contributed by atoms with van der Waals surface area (Å²) in [5.74, 6) is 2.44. The molecule has 1 aliphatic heterocycles. The molecule has 1 fully saturated rings. The molecule has 0 aliphatic carbocycles. The fraction of sp³-hybridized carbons (Fsp3) is 0.533. The lowest BCUT2D eigenvalue weighted by Crippen LogP contribution is -2.32. The maximum Gasteiger partial charge on any atom is 0.238 e. The van der Waals surface area contributed by atoms with Crippen LogP contribution in [0.15, 0.2) is 18.2 Å². The molecule has 0 atom stereocenters. The molecule has 1 aromatic rings. The zero-order valence-corrected chi connectivity index (χ0v) is 13.1. The monoisotopic (exact) mass is 293 g/mol. The molecule has 2 N–H and O–H groups in total. The zero-order valence-electron chi connectivity index (χ0n) is 12.2. The quantitative estimate of drug-likeness (QED) is 0.867. The Kier molecular flexibility index (Phi) is 5.88. The van der Waals surface area contributed by atoms with Crippen molar-refractivity contribution in [3.05, 3.63) is 29.3 Å². The third kappa shape index (κ3) is 4.23. The van der Waals surface area contributed by atoms with Crippen LogP contribution in [0.25, 0.3) is 0 Å². The third-order valence-corrected chi connectivity index (χ3v) is 4.50. The molecule has 20 heavy (non-hydrogen) atoms. The molecule has 110 valence electrons. The average molecular weight is 293 g/mol. The number of carbonyl (C=O) groups is 1. The summed E-state index contributed by atoms with van der Waals surface area (Å²) in [7, 11) is 1.78. The summed E-state index contributed by atoms with van der Waals surface area (Å²) in [6.07, 6.45) is 0. The number of nitrogens with zero attached hydrogens (tertiary/aromatic N) is 1. The van der Waals surface area contributed by atoms with Gasteiger partial charge in [0.25, 0.3) is 0 Å². The number of likely N-dealkylation sites (N-methyl/N-ethyl adjacent to an activating group) is 1. The second-order valence-electron chi connectivity index (χ2n) is 5.06. The van der Waals surface area contributed by atoms with Crippen molar-refractivity contribution in [3.8, 4) is 0 Å². The van der Waals surface area contributed by atoms with Crippen LogP contribution in [0.2, 0.25) is 0 Å². The summed E-state index contributed by atoms with van der Waals surface area (Å²) in [6, 6.07) is 6.15. The lowest BCUT2D eigenvalue weighted by molar-refractivity contribution is -0.115. The minimum Gasteiger partial charge on any atom is -0.325 e. The lowest BCUT2D eigenvalue weighted by Gasteiger charge is -2.27. The molecule has 2 rings (SSSR count). The Labute approximate surface area is 125 Å². The first-order valence-corrected chi connectivity index (χ1v) is 8.19. The second-order valence-corrected chi connectivity index (χ2v) is 6.28. The van der Waals surface area contributed by atoms with Gasteiger partial charge >= 0.3 is 0 Å². The Balaban J connectivity index is 2.04. The molecule has 1 heterocycles. The van der Waals surface area contributed by atoms with Crippen molar-refractivity contribution in [2.24, 2.45) is 0 Å². The van der Waals surface area contributed by atoms with Gasteiger partial charge in [-0.05, 0) is 31.2 Å². The Bertz CT molecular complexity index is 458.